The summed E-state index contributed by atoms with van der Waals surface area (Å²) in [6.07, 6.45) is 14.6. The summed E-state index contributed by atoms with van der Waals surface area (Å²) in [6.45, 7) is 4.95. The van der Waals surface area contributed by atoms with Gasteiger partial charge in [0.05, 0.1) is 22.8 Å². The molecule has 1 saturated carbocycles. The quantitative estimate of drug-likeness (QED) is 0.167. The van der Waals surface area contributed by atoms with Gasteiger partial charge in [-0.25, -0.2) is 9.97 Å². The molecule has 0 bridgehead atoms. The number of hydrogen-bond donors (Lipinski definition) is 0. The predicted octanol–water partition coefficient (Wildman–Crippen LogP) is 16.0. The molecule has 2 nitrogen and oxygen atoms in total. The molecule has 4 aliphatic carbocycles. The Morgan fingerprint density at radius 2 is 0.857 bits per heavy atom. The van der Waals surface area contributed by atoms with Gasteiger partial charge in [-0.2, -0.15) is 0 Å². The summed E-state index contributed by atoms with van der Waals surface area (Å²) in [7, 11) is 0. The molecule has 2 heteroatoms. The number of aromatic nitrogens is 2. The standard InChI is InChI=1S/C61H50N2/c1-60(2)52-24-14-13-23-48(52)50-39-55-51(38-54(50)60)49-37-47(33-34-53(49)61(55)35-15-6-16-36-61)42-27-25-40(26-28-42)41-29-31-46(32-30-41)59-58(45-21-11-5-12-22-45)62-56(43-17-7-3-8-18-43)57(63-59)44-19-9-4-10-20-44/h3-5,7-14,17-23,25-34,37-39,52H,6,15-16,24,35-36H2,1-2H3. The molecular weight excluding hydrogens is 761 g/mol. The molecule has 12 rings (SSSR count). The molecule has 1 aromatic heterocycles. The fraction of sp³-hybridized carbons (Fsp3) is 0.180. The minimum atomic E-state index is 0.116. The first-order valence-corrected chi connectivity index (χ1v) is 23.0. The Hall–Kier alpha value is -6.90. The summed E-state index contributed by atoms with van der Waals surface area (Å²) in [5, 5.41) is 0. The highest BCUT2D eigenvalue weighted by molar-refractivity contribution is 5.91. The molecule has 7 aromatic carbocycles. The Labute approximate surface area is 371 Å². The molecule has 0 saturated heterocycles. The van der Waals surface area contributed by atoms with Crippen LogP contribution in [0.2, 0.25) is 0 Å². The average Bonchev–Trinajstić information content (AvgIpc) is 3.74. The van der Waals surface area contributed by atoms with E-state index in [1.54, 1.807) is 16.7 Å². The predicted molar refractivity (Wildman–Crippen MR) is 262 cm³/mol. The molecule has 0 radical (unpaired) electrons. The lowest BCUT2D eigenvalue weighted by molar-refractivity contribution is 0.352. The van der Waals surface area contributed by atoms with E-state index in [9.17, 15) is 0 Å². The van der Waals surface area contributed by atoms with Crippen LogP contribution < -0.4 is 0 Å². The van der Waals surface area contributed by atoms with Gasteiger partial charge in [-0.15, -0.1) is 0 Å². The third kappa shape index (κ3) is 6.14. The maximum atomic E-state index is 5.45. The van der Waals surface area contributed by atoms with Crippen LogP contribution in [0.15, 0.2) is 188 Å². The van der Waals surface area contributed by atoms with Crippen LogP contribution in [0.3, 0.4) is 0 Å². The molecule has 304 valence electrons. The summed E-state index contributed by atoms with van der Waals surface area (Å²) < 4.78 is 0. The van der Waals surface area contributed by atoms with Crippen LogP contribution in [0.5, 0.6) is 0 Å². The van der Waals surface area contributed by atoms with Crippen LogP contribution in [-0.4, -0.2) is 9.97 Å². The Morgan fingerprint density at radius 3 is 1.40 bits per heavy atom. The summed E-state index contributed by atoms with van der Waals surface area (Å²) in [4.78, 5) is 10.9. The van der Waals surface area contributed by atoms with Crippen LogP contribution in [0, 0.1) is 5.92 Å². The number of fused-ring (bicyclic) bond motifs is 8. The summed E-state index contributed by atoms with van der Waals surface area (Å²) in [5.41, 5.74) is 23.5. The third-order valence-corrected chi connectivity index (χ3v) is 15.0. The third-order valence-electron chi connectivity index (χ3n) is 15.0. The Balaban J connectivity index is 0.896. The molecule has 8 aromatic rings. The van der Waals surface area contributed by atoms with E-state index in [-0.39, 0.29) is 10.8 Å². The van der Waals surface area contributed by atoms with Gasteiger partial charge in [0, 0.05) is 27.7 Å². The molecule has 1 atom stereocenters. The number of allylic oxidation sites excluding steroid dienone is 4. The van der Waals surface area contributed by atoms with E-state index in [0.29, 0.717) is 5.92 Å². The largest absolute Gasteiger partial charge is 0.243 e. The molecule has 4 aliphatic rings. The molecule has 0 N–H and O–H groups in total. The van der Waals surface area contributed by atoms with E-state index in [1.165, 1.54) is 76.6 Å². The van der Waals surface area contributed by atoms with Gasteiger partial charge in [-0.05, 0) is 110 Å². The number of rotatable bonds is 6. The van der Waals surface area contributed by atoms with Crippen molar-refractivity contribution in [3.05, 3.63) is 210 Å². The van der Waals surface area contributed by atoms with Crippen LogP contribution in [0.25, 0.3) is 84.0 Å². The fourth-order valence-corrected chi connectivity index (χ4v) is 11.7. The zero-order valence-corrected chi connectivity index (χ0v) is 36.1. The summed E-state index contributed by atoms with van der Waals surface area (Å²) in [6, 6.07) is 62.0. The second-order valence-corrected chi connectivity index (χ2v) is 18.8. The second-order valence-electron chi connectivity index (χ2n) is 18.8. The first-order valence-electron chi connectivity index (χ1n) is 23.0. The summed E-state index contributed by atoms with van der Waals surface area (Å²) >= 11 is 0. The van der Waals surface area contributed by atoms with Crippen molar-refractivity contribution >= 4 is 5.57 Å². The average molecular weight is 811 g/mol. The highest BCUT2D eigenvalue weighted by Crippen LogP contribution is 2.61. The van der Waals surface area contributed by atoms with E-state index in [0.717, 1.165) is 51.5 Å². The molecular formula is C61H50N2. The van der Waals surface area contributed by atoms with Gasteiger partial charge in [-0.1, -0.05) is 203 Å². The lowest BCUT2D eigenvalue weighted by atomic mass is 9.67. The topological polar surface area (TPSA) is 25.8 Å². The van der Waals surface area contributed by atoms with Crippen molar-refractivity contribution in [2.24, 2.45) is 5.92 Å². The maximum absolute atomic E-state index is 5.45. The number of nitrogens with zero attached hydrogens (tertiary/aromatic N) is 2. The van der Waals surface area contributed by atoms with Gasteiger partial charge < -0.3 is 0 Å². The smallest absolute Gasteiger partial charge is 0.0973 e. The van der Waals surface area contributed by atoms with E-state index < -0.39 is 0 Å². The first-order chi connectivity index (χ1) is 31.0. The van der Waals surface area contributed by atoms with Crippen molar-refractivity contribution in [3.8, 4) is 78.4 Å². The highest BCUT2D eigenvalue weighted by Gasteiger charge is 2.48. The van der Waals surface area contributed by atoms with Crippen molar-refractivity contribution in [1.29, 1.82) is 0 Å². The zero-order valence-electron chi connectivity index (χ0n) is 36.1. The Kier molecular flexibility index (Phi) is 8.94. The Bertz CT molecular complexity index is 3090. The van der Waals surface area contributed by atoms with Gasteiger partial charge in [-0.3, -0.25) is 0 Å². The molecule has 1 heterocycles. The van der Waals surface area contributed by atoms with Crippen LogP contribution in [0.4, 0.5) is 0 Å². The fourth-order valence-electron chi connectivity index (χ4n) is 11.7. The van der Waals surface area contributed by atoms with Crippen LogP contribution in [-0.2, 0) is 10.8 Å². The molecule has 1 fully saturated rings. The number of benzene rings is 7. The Morgan fingerprint density at radius 1 is 0.413 bits per heavy atom. The van der Waals surface area contributed by atoms with Gasteiger partial charge in [0.1, 0.15) is 0 Å². The minimum Gasteiger partial charge on any atom is -0.243 e. The van der Waals surface area contributed by atoms with Gasteiger partial charge in [0.2, 0.25) is 0 Å². The van der Waals surface area contributed by atoms with Gasteiger partial charge in [0.15, 0.2) is 0 Å². The minimum absolute atomic E-state index is 0.116. The van der Waals surface area contributed by atoms with Crippen LogP contribution >= 0.6 is 0 Å². The van der Waals surface area contributed by atoms with Crippen molar-refractivity contribution in [3.63, 3.8) is 0 Å². The van der Waals surface area contributed by atoms with Crippen LogP contribution in [0.1, 0.15) is 74.6 Å². The SMILES string of the molecule is CC1(C)c2cc3c(cc2C2=CC=CCC21)C1(CCCCC1)c1ccc(-c2ccc(-c4ccc(-c5nc(-c6ccccc6)c(-c6ccccc6)nc5-c5ccccc5)cc4)cc2)cc1-3. The molecule has 0 aliphatic heterocycles. The van der Waals surface area contributed by atoms with Gasteiger partial charge in [0.25, 0.3) is 0 Å². The maximum Gasteiger partial charge on any atom is 0.0973 e. The second kappa shape index (κ2) is 14.9. The highest BCUT2D eigenvalue weighted by atomic mass is 14.9. The normalized spacial score (nSPS) is 17.4. The monoisotopic (exact) mass is 810 g/mol. The summed E-state index contributed by atoms with van der Waals surface area (Å²) in [5.74, 6) is 0.558. The number of hydrogen-bond acceptors (Lipinski definition) is 2. The molecule has 1 unspecified atom stereocenters. The van der Waals surface area contributed by atoms with Crippen molar-refractivity contribution < 1.29 is 0 Å². The van der Waals surface area contributed by atoms with E-state index in [2.05, 4.69) is 190 Å². The van der Waals surface area contributed by atoms with Crippen molar-refractivity contribution in [1.82, 2.24) is 9.97 Å². The van der Waals surface area contributed by atoms with E-state index in [1.807, 2.05) is 12.1 Å². The zero-order chi connectivity index (χ0) is 42.1. The van der Waals surface area contributed by atoms with E-state index in [4.69, 9.17) is 9.97 Å². The van der Waals surface area contributed by atoms with Crippen molar-refractivity contribution in [2.75, 3.05) is 0 Å². The lowest BCUT2D eigenvalue weighted by Gasteiger charge is -2.36. The molecule has 0 amide bonds. The molecule has 1 spiro atoms. The molecule has 63 heavy (non-hydrogen) atoms. The van der Waals surface area contributed by atoms with E-state index >= 15 is 0 Å². The van der Waals surface area contributed by atoms with Crippen molar-refractivity contribution in [2.45, 2.75) is 63.2 Å². The first kappa shape index (κ1) is 37.8. The lowest BCUT2D eigenvalue weighted by Crippen LogP contribution is -2.28. The van der Waals surface area contributed by atoms with Gasteiger partial charge >= 0.3 is 0 Å².